The van der Waals surface area contributed by atoms with E-state index in [9.17, 15) is 4.79 Å². The second-order valence-electron chi connectivity index (χ2n) is 6.95. The van der Waals surface area contributed by atoms with Crippen molar-refractivity contribution in [1.82, 2.24) is 24.7 Å². The van der Waals surface area contributed by atoms with E-state index in [0.717, 1.165) is 27.0 Å². The summed E-state index contributed by atoms with van der Waals surface area (Å²) in [5, 5.41) is 10.3. The number of methoxy groups -OCH3 is 1. The average molecular weight is 494 g/mol. The van der Waals surface area contributed by atoms with Gasteiger partial charge in [0.1, 0.15) is 24.2 Å². The average Bonchev–Trinajstić information content (AvgIpc) is 3.25. The van der Waals surface area contributed by atoms with Crippen molar-refractivity contribution >= 4 is 39.3 Å². The van der Waals surface area contributed by atoms with Crippen LogP contribution in [0, 0.1) is 6.92 Å². The van der Waals surface area contributed by atoms with Gasteiger partial charge in [-0.1, -0.05) is 28.1 Å². The van der Waals surface area contributed by atoms with Crippen LogP contribution in [0.1, 0.15) is 11.1 Å². The van der Waals surface area contributed by atoms with Gasteiger partial charge in [0.15, 0.2) is 5.82 Å². The fourth-order valence-corrected chi connectivity index (χ4v) is 3.56. The lowest BCUT2D eigenvalue weighted by Gasteiger charge is -2.08. The Balaban J connectivity index is 1.43. The third-order valence-corrected chi connectivity index (χ3v) is 5.29. The van der Waals surface area contributed by atoms with E-state index in [1.54, 1.807) is 13.2 Å². The van der Waals surface area contributed by atoms with Crippen molar-refractivity contribution in [1.29, 1.82) is 0 Å². The summed E-state index contributed by atoms with van der Waals surface area (Å²) in [4.78, 5) is 25.1. The van der Waals surface area contributed by atoms with Gasteiger partial charge in [-0.3, -0.25) is 4.79 Å². The lowest BCUT2D eigenvalue weighted by Crippen LogP contribution is -2.16. The molecule has 2 aromatic heterocycles. The van der Waals surface area contributed by atoms with Crippen LogP contribution in [0.3, 0.4) is 0 Å². The minimum Gasteiger partial charge on any atom is -0.497 e. The molecule has 0 atom stereocenters. The number of carbonyl (C=O) groups is 1. The standard InChI is InChI=1S/C22H20BrN7O2/c1-14-3-4-15(18(23)9-14)10-21(31)28-19-11-20(25-12-24-19)30-13-26-22(29-30)27-16-5-7-17(32-2)8-6-16/h3-9,11-13H,10H2,1-2H3,(H,27,29)(H,24,25,28,31). The molecule has 0 aliphatic carbocycles. The molecule has 9 nitrogen and oxygen atoms in total. The number of halogens is 1. The van der Waals surface area contributed by atoms with E-state index in [1.165, 1.54) is 17.3 Å². The van der Waals surface area contributed by atoms with Gasteiger partial charge in [-0.15, -0.1) is 5.10 Å². The summed E-state index contributed by atoms with van der Waals surface area (Å²) in [7, 11) is 1.62. The number of aromatic nitrogens is 5. The van der Waals surface area contributed by atoms with Crippen molar-refractivity contribution in [2.24, 2.45) is 0 Å². The summed E-state index contributed by atoms with van der Waals surface area (Å²) >= 11 is 3.50. The smallest absolute Gasteiger partial charge is 0.247 e. The minimum absolute atomic E-state index is 0.181. The molecule has 0 saturated heterocycles. The third kappa shape index (κ3) is 5.27. The molecular formula is C22H20BrN7O2. The highest BCUT2D eigenvalue weighted by Crippen LogP contribution is 2.20. The molecule has 0 aliphatic rings. The van der Waals surface area contributed by atoms with Crippen LogP contribution in [-0.2, 0) is 11.2 Å². The molecule has 0 fully saturated rings. The Morgan fingerprint density at radius 3 is 2.66 bits per heavy atom. The first-order chi connectivity index (χ1) is 15.5. The van der Waals surface area contributed by atoms with Gasteiger partial charge in [-0.25, -0.2) is 14.6 Å². The number of rotatable bonds is 7. The molecule has 4 rings (SSSR count). The van der Waals surface area contributed by atoms with Crippen LogP contribution in [0.2, 0.25) is 0 Å². The van der Waals surface area contributed by atoms with Gasteiger partial charge in [-0.05, 0) is 48.4 Å². The molecule has 0 radical (unpaired) electrons. The molecule has 2 N–H and O–H groups in total. The molecule has 0 unspecified atom stereocenters. The van der Waals surface area contributed by atoms with Gasteiger partial charge >= 0.3 is 0 Å². The van der Waals surface area contributed by atoms with Gasteiger partial charge in [0, 0.05) is 16.2 Å². The maximum atomic E-state index is 12.5. The molecule has 2 aromatic carbocycles. The molecule has 1 amide bonds. The van der Waals surface area contributed by atoms with Crippen molar-refractivity contribution in [3.8, 4) is 11.6 Å². The Bertz CT molecular complexity index is 1240. The minimum atomic E-state index is -0.181. The zero-order valence-electron chi connectivity index (χ0n) is 17.4. The Morgan fingerprint density at radius 1 is 1.09 bits per heavy atom. The molecule has 10 heteroatoms. The van der Waals surface area contributed by atoms with Crippen LogP contribution in [0.25, 0.3) is 5.82 Å². The highest BCUT2D eigenvalue weighted by atomic mass is 79.9. The van der Waals surface area contributed by atoms with Crippen LogP contribution < -0.4 is 15.4 Å². The van der Waals surface area contributed by atoms with Gasteiger partial charge in [0.2, 0.25) is 11.9 Å². The number of aryl methyl sites for hydroxylation is 1. The molecular weight excluding hydrogens is 474 g/mol. The second kappa shape index (κ2) is 9.56. The molecule has 0 aliphatic heterocycles. The van der Waals surface area contributed by atoms with Crippen LogP contribution in [-0.4, -0.2) is 37.7 Å². The molecule has 32 heavy (non-hydrogen) atoms. The summed E-state index contributed by atoms with van der Waals surface area (Å²) in [6.45, 7) is 2.00. The largest absolute Gasteiger partial charge is 0.497 e. The first kappa shape index (κ1) is 21.4. The van der Waals surface area contributed by atoms with E-state index < -0.39 is 0 Å². The summed E-state index contributed by atoms with van der Waals surface area (Å²) in [6.07, 6.45) is 3.12. The predicted octanol–water partition coefficient (Wildman–Crippen LogP) is 4.06. The number of carbonyl (C=O) groups excluding carboxylic acids is 1. The summed E-state index contributed by atoms with van der Waals surface area (Å²) in [6, 6.07) is 14.9. The number of nitrogens with one attached hydrogen (secondary N) is 2. The van der Waals surface area contributed by atoms with E-state index in [-0.39, 0.29) is 12.3 Å². The molecule has 0 saturated carbocycles. The Kier molecular flexibility index (Phi) is 6.41. The maximum absolute atomic E-state index is 12.5. The van der Waals surface area contributed by atoms with Crippen molar-refractivity contribution in [3.05, 3.63) is 76.8 Å². The number of anilines is 3. The van der Waals surface area contributed by atoms with Gasteiger partial charge in [0.05, 0.1) is 13.5 Å². The zero-order chi connectivity index (χ0) is 22.5. The fourth-order valence-electron chi connectivity index (χ4n) is 2.93. The van der Waals surface area contributed by atoms with E-state index in [1.807, 2.05) is 49.4 Å². The number of ether oxygens (including phenoxy) is 1. The van der Waals surface area contributed by atoms with Gasteiger partial charge in [-0.2, -0.15) is 4.98 Å². The fraction of sp³-hybridized carbons (Fsp3) is 0.136. The van der Waals surface area contributed by atoms with Crippen LogP contribution >= 0.6 is 15.9 Å². The topological polar surface area (TPSA) is 107 Å². The van der Waals surface area contributed by atoms with Crippen molar-refractivity contribution in [3.63, 3.8) is 0 Å². The van der Waals surface area contributed by atoms with Crippen LogP contribution in [0.5, 0.6) is 5.75 Å². The van der Waals surface area contributed by atoms with Gasteiger partial charge in [0.25, 0.3) is 0 Å². The van der Waals surface area contributed by atoms with Crippen molar-refractivity contribution in [2.45, 2.75) is 13.3 Å². The summed E-state index contributed by atoms with van der Waals surface area (Å²) in [5.74, 6) is 1.84. The SMILES string of the molecule is COc1ccc(Nc2ncn(-c3cc(NC(=O)Cc4ccc(C)cc4Br)ncn3)n2)cc1. The maximum Gasteiger partial charge on any atom is 0.247 e. The second-order valence-corrected chi connectivity index (χ2v) is 7.80. The van der Waals surface area contributed by atoms with Gasteiger partial charge < -0.3 is 15.4 Å². The van der Waals surface area contributed by atoms with E-state index in [2.05, 4.69) is 46.6 Å². The van der Waals surface area contributed by atoms with E-state index in [4.69, 9.17) is 4.74 Å². The van der Waals surface area contributed by atoms with Crippen molar-refractivity contribution in [2.75, 3.05) is 17.7 Å². The summed E-state index contributed by atoms with van der Waals surface area (Å²) in [5.41, 5.74) is 2.84. The first-order valence-electron chi connectivity index (χ1n) is 9.70. The number of nitrogens with zero attached hydrogens (tertiary/aromatic N) is 5. The quantitative estimate of drug-likeness (QED) is 0.399. The Labute approximate surface area is 193 Å². The van der Waals surface area contributed by atoms with Crippen LogP contribution in [0.4, 0.5) is 17.5 Å². The lowest BCUT2D eigenvalue weighted by atomic mass is 10.1. The van der Waals surface area contributed by atoms with E-state index in [0.29, 0.717) is 17.6 Å². The zero-order valence-corrected chi connectivity index (χ0v) is 19.0. The molecule has 0 spiro atoms. The molecule has 0 bridgehead atoms. The monoisotopic (exact) mass is 493 g/mol. The Hall–Kier alpha value is -3.79. The highest BCUT2D eigenvalue weighted by Gasteiger charge is 2.10. The van der Waals surface area contributed by atoms with Crippen molar-refractivity contribution < 1.29 is 9.53 Å². The number of hydrogen-bond acceptors (Lipinski definition) is 7. The normalized spacial score (nSPS) is 10.6. The number of amides is 1. The molecule has 162 valence electrons. The number of hydrogen-bond donors (Lipinski definition) is 2. The first-order valence-corrected chi connectivity index (χ1v) is 10.5. The summed E-state index contributed by atoms with van der Waals surface area (Å²) < 4.78 is 7.55. The highest BCUT2D eigenvalue weighted by molar-refractivity contribution is 9.10. The van der Waals surface area contributed by atoms with E-state index >= 15 is 0 Å². The Morgan fingerprint density at radius 2 is 1.91 bits per heavy atom. The molecule has 4 aromatic rings. The predicted molar refractivity (Wildman–Crippen MR) is 124 cm³/mol. The lowest BCUT2D eigenvalue weighted by molar-refractivity contribution is -0.115. The van der Waals surface area contributed by atoms with Crippen LogP contribution in [0.15, 0.2) is 65.7 Å². The third-order valence-electron chi connectivity index (χ3n) is 4.55. The number of benzene rings is 2. The molecule has 2 heterocycles.